The number of hydrogen-bond acceptors (Lipinski definition) is 0. The third-order valence-corrected chi connectivity index (χ3v) is 4.00. The summed E-state index contributed by atoms with van der Waals surface area (Å²) in [5.74, 6) is 1.22. The summed E-state index contributed by atoms with van der Waals surface area (Å²) < 4.78 is 0. The highest BCUT2D eigenvalue weighted by Gasteiger charge is 2.20. The molecule has 0 nitrogen and oxygen atoms in total. The zero-order chi connectivity index (χ0) is 13.1. The summed E-state index contributed by atoms with van der Waals surface area (Å²) in [5.41, 5.74) is 5.88. The first-order valence-electron chi connectivity index (χ1n) is 6.93. The molecule has 0 aromatic carbocycles. The fourth-order valence-electron chi connectivity index (χ4n) is 2.66. The lowest BCUT2D eigenvalue weighted by atomic mass is 9.79. The smallest absolute Gasteiger partial charge is 0.00191 e. The van der Waals surface area contributed by atoms with E-state index < -0.39 is 0 Å². The van der Waals surface area contributed by atoms with Crippen LogP contribution in [0, 0.1) is 11.8 Å². The third-order valence-electron chi connectivity index (χ3n) is 4.00. The van der Waals surface area contributed by atoms with Crippen LogP contribution in [0.3, 0.4) is 0 Å². The van der Waals surface area contributed by atoms with Gasteiger partial charge >= 0.3 is 0 Å². The van der Waals surface area contributed by atoms with Gasteiger partial charge in [-0.05, 0) is 52.0 Å². The van der Waals surface area contributed by atoms with Crippen molar-refractivity contribution >= 4 is 0 Å². The molecule has 0 bridgehead atoms. The van der Waals surface area contributed by atoms with E-state index in [9.17, 15) is 0 Å². The molecule has 0 heteroatoms. The molecule has 1 atom stereocenters. The van der Waals surface area contributed by atoms with Crippen LogP contribution in [0.25, 0.3) is 0 Å². The van der Waals surface area contributed by atoms with Crippen LogP contribution in [0.4, 0.5) is 0 Å². The van der Waals surface area contributed by atoms with Crippen molar-refractivity contribution in [3.8, 4) is 0 Å². The molecule has 0 heterocycles. The van der Waals surface area contributed by atoms with E-state index in [0.29, 0.717) is 11.8 Å². The molecule has 0 saturated carbocycles. The summed E-state index contributed by atoms with van der Waals surface area (Å²) in [6.07, 6.45) is 16.4. The van der Waals surface area contributed by atoms with Crippen LogP contribution in [0.15, 0.2) is 58.7 Å². The molecular formula is C18H24. The van der Waals surface area contributed by atoms with Crippen LogP contribution in [-0.2, 0) is 0 Å². The summed E-state index contributed by atoms with van der Waals surface area (Å²) in [5, 5.41) is 0. The van der Waals surface area contributed by atoms with Gasteiger partial charge in [0.15, 0.2) is 0 Å². The van der Waals surface area contributed by atoms with Gasteiger partial charge in [0.2, 0.25) is 0 Å². The van der Waals surface area contributed by atoms with Gasteiger partial charge in [-0.1, -0.05) is 53.2 Å². The van der Waals surface area contributed by atoms with Gasteiger partial charge in [0.25, 0.3) is 0 Å². The molecule has 18 heavy (non-hydrogen) atoms. The molecular weight excluding hydrogens is 216 g/mol. The molecule has 0 aliphatic heterocycles. The average molecular weight is 240 g/mol. The van der Waals surface area contributed by atoms with Gasteiger partial charge in [0, 0.05) is 5.92 Å². The highest BCUT2D eigenvalue weighted by atomic mass is 14.2. The molecule has 0 N–H and O–H groups in total. The maximum absolute atomic E-state index is 2.40. The van der Waals surface area contributed by atoms with E-state index in [2.05, 4.69) is 64.2 Å². The molecule has 0 aromatic rings. The Kier molecular flexibility index (Phi) is 4.06. The molecule has 2 aliphatic carbocycles. The molecule has 0 fully saturated rings. The summed E-state index contributed by atoms with van der Waals surface area (Å²) in [6.45, 7) is 8.82. The van der Waals surface area contributed by atoms with Crippen LogP contribution in [0.1, 0.15) is 40.5 Å². The monoisotopic (exact) mass is 240 g/mol. The Morgan fingerprint density at radius 2 is 1.61 bits per heavy atom. The summed E-state index contributed by atoms with van der Waals surface area (Å²) >= 11 is 0. The van der Waals surface area contributed by atoms with Gasteiger partial charge < -0.3 is 0 Å². The maximum atomic E-state index is 2.40. The quantitative estimate of drug-likeness (QED) is 0.541. The standard InChI is InChI=1S/C18H24/c1-13(2)15-8-10-16(11-9-15)18-7-5-6-17(12-18)14(3)4/h5,7-11,16,18H,6,12H2,1-4H3. The van der Waals surface area contributed by atoms with Gasteiger partial charge in [0.05, 0.1) is 0 Å². The molecule has 0 amide bonds. The molecule has 0 radical (unpaired) electrons. The van der Waals surface area contributed by atoms with E-state index in [0.717, 1.165) is 6.42 Å². The normalized spacial score (nSPS) is 26.7. The number of hydrogen-bond donors (Lipinski definition) is 0. The van der Waals surface area contributed by atoms with E-state index >= 15 is 0 Å². The van der Waals surface area contributed by atoms with Gasteiger partial charge in [-0.2, -0.15) is 0 Å². The second kappa shape index (κ2) is 5.56. The fraction of sp³-hybridized carbons (Fsp3) is 0.444. The van der Waals surface area contributed by atoms with E-state index in [4.69, 9.17) is 0 Å². The molecule has 96 valence electrons. The van der Waals surface area contributed by atoms with E-state index in [1.165, 1.54) is 23.1 Å². The van der Waals surface area contributed by atoms with Crippen molar-refractivity contribution in [3.63, 3.8) is 0 Å². The SMILES string of the molecule is CC(C)=C1C=CC(C2C=CCC(=C(C)C)C2)C=C1. The van der Waals surface area contributed by atoms with Crippen LogP contribution in [0.5, 0.6) is 0 Å². The lowest BCUT2D eigenvalue weighted by Crippen LogP contribution is -2.14. The van der Waals surface area contributed by atoms with Crippen molar-refractivity contribution in [2.45, 2.75) is 40.5 Å². The number of allylic oxidation sites excluding steroid dienone is 10. The zero-order valence-corrected chi connectivity index (χ0v) is 12.0. The Labute approximate surface area is 111 Å². The fourth-order valence-corrected chi connectivity index (χ4v) is 2.66. The summed E-state index contributed by atoms with van der Waals surface area (Å²) in [6, 6.07) is 0. The second-order valence-electron chi connectivity index (χ2n) is 5.85. The summed E-state index contributed by atoms with van der Waals surface area (Å²) in [4.78, 5) is 0. The first-order chi connectivity index (χ1) is 8.58. The molecule has 0 saturated heterocycles. The lowest BCUT2D eigenvalue weighted by Gasteiger charge is -2.26. The van der Waals surface area contributed by atoms with Gasteiger partial charge in [0.1, 0.15) is 0 Å². The molecule has 2 aliphatic rings. The van der Waals surface area contributed by atoms with Crippen molar-refractivity contribution in [2.75, 3.05) is 0 Å². The van der Waals surface area contributed by atoms with Crippen molar-refractivity contribution in [1.29, 1.82) is 0 Å². The molecule has 2 rings (SSSR count). The minimum atomic E-state index is 0.569. The Bertz CT molecular complexity index is 442. The van der Waals surface area contributed by atoms with Crippen molar-refractivity contribution in [1.82, 2.24) is 0 Å². The topological polar surface area (TPSA) is 0 Å². The Balaban J connectivity index is 2.12. The van der Waals surface area contributed by atoms with Crippen LogP contribution >= 0.6 is 0 Å². The van der Waals surface area contributed by atoms with Crippen LogP contribution < -0.4 is 0 Å². The predicted molar refractivity (Wildman–Crippen MR) is 80.4 cm³/mol. The molecule has 0 spiro atoms. The first-order valence-corrected chi connectivity index (χ1v) is 6.93. The Morgan fingerprint density at radius 1 is 0.944 bits per heavy atom. The zero-order valence-electron chi connectivity index (χ0n) is 12.0. The highest BCUT2D eigenvalue weighted by Crippen LogP contribution is 2.33. The van der Waals surface area contributed by atoms with E-state index in [1.54, 1.807) is 5.57 Å². The second-order valence-corrected chi connectivity index (χ2v) is 5.85. The highest BCUT2D eigenvalue weighted by molar-refractivity contribution is 5.39. The van der Waals surface area contributed by atoms with Gasteiger partial charge in [-0.25, -0.2) is 0 Å². The molecule has 1 unspecified atom stereocenters. The molecule has 0 aromatic heterocycles. The van der Waals surface area contributed by atoms with Crippen molar-refractivity contribution in [2.24, 2.45) is 11.8 Å². The van der Waals surface area contributed by atoms with Crippen molar-refractivity contribution in [3.05, 3.63) is 58.7 Å². The minimum Gasteiger partial charge on any atom is -0.0841 e. The minimum absolute atomic E-state index is 0.569. The summed E-state index contributed by atoms with van der Waals surface area (Å²) in [7, 11) is 0. The third kappa shape index (κ3) is 2.93. The van der Waals surface area contributed by atoms with E-state index in [1.807, 2.05) is 0 Å². The van der Waals surface area contributed by atoms with Crippen molar-refractivity contribution < 1.29 is 0 Å². The first kappa shape index (κ1) is 13.1. The van der Waals surface area contributed by atoms with Gasteiger partial charge in [-0.3, -0.25) is 0 Å². The van der Waals surface area contributed by atoms with E-state index in [-0.39, 0.29) is 0 Å². The predicted octanol–water partition coefficient (Wildman–Crippen LogP) is 5.37. The van der Waals surface area contributed by atoms with Gasteiger partial charge in [-0.15, -0.1) is 0 Å². The number of rotatable bonds is 1. The average Bonchev–Trinajstić information content (AvgIpc) is 2.39. The van der Waals surface area contributed by atoms with Crippen LogP contribution in [0.2, 0.25) is 0 Å². The lowest BCUT2D eigenvalue weighted by molar-refractivity contribution is 0.529. The Morgan fingerprint density at radius 3 is 2.17 bits per heavy atom. The maximum Gasteiger partial charge on any atom is 0.00191 e. The Hall–Kier alpha value is -1.30. The largest absolute Gasteiger partial charge is 0.0841 e. The van der Waals surface area contributed by atoms with Crippen LogP contribution in [-0.4, -0.2) is 0 Å².